The zero-order valence-electron chi connectivity index (χ0n) is 14.4. The number of nitriles is 1. The van der Waals surface area contributed by atoms with Gasteiger partial charge in [0.15, 0.2) is 0 Å². The molecule has 2 heterocycles. The third kappa shape index (κ3) is 3.69. The summed E-state index contributed by atoms with van der Waals surface area (Å²) in [6.45, 7) is 3.79. The van der Waals surface area contributed by atoms with Crippen molar-refractivity contribution in [2.24, 2.45) is 5.92 Å². The van der Waals surface area contributed by atoms with Crippen LogP contribution in [0, 0.1) is 17.2 Å². The average molecular weight is 339 g/mol. The van der Waals surface area contributed by atoms with Gasteiger partial charge in [0.05, 0.1) is 11.3 Å². The van der Waals surface area contributed by atoms with Crippen LogP contribution in [0.5, 0.6) is 0 Å². The van der Waals surface area contributed by atoms with Crippen molar-refractivity contribution in [3.63, 3.8) is 0 Å². The van der Waals surface area contributed by atoms with Gasteiger partial charge in [-0.25, -0.2) is 0 Å². The van der Waals surface area contributed by atoms with Gasteiger partial charge in [-0.15, -0.1) is 0 Å². The molecule has 2 aromatic rings. The van der Waals surface area contributed by atoms with Crippen LogP contribution in [0.1, 0.15) is 18.9 Å². The van der Waals surface area contributed by atoms with Crippen LogP contribution in [-0.2, 0) is 9.53 Å². The van der Waals surface area contributed by atoms with Gasteiger partial charge in [0.25, 0.3) is 0 Å². The van der Waals surface area contributed by atoms with E-state index in [1.807, 2.05) is 6.07 Å². The number of amides is 1. The summed E-state index contributed by atoms with van der Waals surface area (Å²) in [6, 6.07) is 5.92. The van der Waals surface area contributed by atoms with E-state index >= 15 is 0 Å². The summed E-state index contributed by atoms with van der Waals surface area (Å²) < 4.78 is 4.89. The summed E-state index contributed by atoms with van der Waals surface area (Å²) in [6.07, 6.45) is 4.16. The molecule has 1 aromatic heterocycles. The fourth-order valence-electron chi connectivity index (χ4n) is 3.44. The lowest BCUT2D eigenvalue weighted by Gasteiger charge is -2.38. The number of nitrogens with zero attached hydrogens (tertiary/aromatic N) is 4. The van der Waals surface area contributed by atoms with E-state index in [0.29, 0.717) is 23.5 Å². The predicted octanol–water partition coefficient (Wildman–Crippen LogP) is 1.48. The van der Waals surface area contributed by atoms with Gasteiger partial charge < -0.3 is 15.0 Å². The Kier molecular flexibility index (Phi) is 5.10. The quantitative estimate of drug-likeness (QED) is 0.907. The Morgan fingerprint density at radius 2 is 2.12 bits per heavy atom. The minimum absolute atomic E-state index is 0.0498. The van der Waals surface area contributed by atoms with E-state index in [9.17, 15) is 10.1 Å². The largest absolute Gasteiger partial charge is 0.375 e. The third-order valence-corrected chi connectivity index (χ3v) is 4.37. The van der Waals surface area contributed by atoms with Crippen LogP contribution in [0.3, 0.4) is 0 Å². The molecule has 0 saturated carbocycles. The van der Waals surface area contributed by atoms with Gasteiger partial charge in [-0.3, -0.25) is 14.8 Å². The van der Waals surface area contributed by atoms with Crippen LogP contribution in [0.2, 0.25) is 0 Å². The van der Waals surface area contributed by atoms with Crippen molar-refractivity contribution in [1.82, 2.24) is 15.3 Å². The van der Waals surface area contributed by atoms with Crippen molar-refractivity contribution in [3.05, 3.63) is 30.1 Å². The number of fused-ring (bicyclic) bond motifs is 1. The molecule has 7 nitrogen and oxygen atoms in total. The monoisotopic (exact) mass is 339 g/mol. The number of rotatable bonds is 4. The highest BCUT2D eigenvalue weighted by molar-refractivity contribution is 5.92. The van der Waals surface area contributed by atoms with E-state index in [1.165, 1.54) is 7.11 Å². The number of piperidine rings is 1. The number of hydrogen-bond acceptors (Lipinski definition) is 6. The number of aromatic nitrogens is 2. The van der Waals surface area contributed by atoms with Crippen LogP contribution in [0.25, 0.3) is 11.0 Å². The minimum atomic E-state index is -0.106. The molecule has 1 fully saturated rings. The molecule has 25 heavy (non-hydrogen) atoms. The summed E-state index contributed by atoms with van der Waals surface area (Å²) in [7, 11) is 1.51. The predicted molar refractivity (Wildman–Crippen MR) is 94.1 cm³/mol. The zero-order chi connectivity index (χ0) is 17.8. The lowest BCUT2D eigenvalue weighted by molar-refractivity contribution is -0.125. The summed E-state index contributed by atoms with van der Waals surface area (Å²) in [5.41, 5.74) is 2.79. The van der Waals surface area contributed by atoms with E-state index in [0.717, 1.165) is 24.2 Å². The molecule has 1 aromatic carbocycles. The van der Waals surface area contributed by atoms with E-state index in [2.05, 4.69) is 33.2 Å². The lowest BCUT2D eigenvalue weighted by Crippen LogP contribution is -2.51. The number of nitrogens with one attached hydrogen (secondary N) is 1. The molecule has 0 bridgehead atoms. The molecule has 2 atom stereocenters. The summed E-state index contributed by atoms with van der Waals surface area (Å²) in [5.74, 6) is 0.315. The molecule has 1 aliphatic heterocycles. The molecule has 130 valence electrons. The van der Waals surface area contributed by atoms with E-state index < -0.39 is 0 Å². The van der Waals surface area contributed by atoms with E-state index in [-0.39, 0.29) is 18.6 Å². The first-order valence-electron chi connectivity index (χ1n) is 8.29. The van der Waals surface area contributed by atoms with Gasteiger partial charge in [0.2, 0.25) is 5.91 Å². The Bertz CT molecular complexity index is 817. The first-order valence-corrected chi connectivity index (χ1v) is 8.29. The molecule has 0 unspecified atom stereocenters. The maximum absolute atomic E-state index is 11.8. The van der Waals surface area contributed by atoms with Gasteiger partial charge >= 0.3 is 0 Å². The number of carbonyl (C=O) groups is 1. The molecule has 7 heteroatoms. The Hall–Kier alpha value is -2.72. The average Bonchev–Trinajstić information content (AvgIpc) is 2.60. The summed E-state index contributed by atoms with van der Waals surface area (Å²) >= 11 is 0. The SMILES string of the molecule is COCC(=O)N[C@@H]1C[C@H](C)CN(c2ccc(C#N)c3nccnc23)C1. The molecule has 0 aliphatic carbocycles. The van der Waals surface area contributed by atoms with Gasteiger partial charge in [-0.2, -0.15) is 5.26 Å². The molecular formula is C18H21N5O2. The number of methoxy groups -OCH3 is 1. The normalized spacial score (nSPS) is 20.3. The second kappa shape index (κ2) is 7.45. The first-order chi connectivity index (χ1) is 12.1. The minimum Gasteiger partial charge on any atom is -0.375 e. The highest BCUT2D eigenvalue weighted by Crippen LogP contribution is 2.30. The van der Waals surface area contributed by atoms with Crippen molar-refractivity contribution in [2.45, 2.75) is 19.4 Å². The fourth-order valence-corrected chi connectivity index (χ4v) is 3.44. The Morgan fingerprint density at radius 1 is 1.36 bits per heavy atom. The van der Waals surface area contributed by atoms with Gasteiger partial charge in [0.1, 0.15) is 23.7 Å². The summed E-state index contributed by atoms with van der Waals surface area (Å²) in [5, 5.41) is 12.3. The Balaban J connectivity index is 1.89. The van der Waals surface area contributed by atoms with Crippen LogP contribution in [-0.4, -0.2) is 48.7 Å². The topological polar surface area (TPSA) is 91.1 Å². The number of benzene rings is 1. The highest BCUT2D eigenvalue weighted by Gasteiger charge is 2.27. The van der Waals surface area contributed by atoms with Gasteiger partial charge in [-0.05, 0) is 24.5 Å². The Morgan fingerprint density at radius 3 is 2.84 bits per heavy atom. The molecular weight excluding hydrogens is 318 g/mol. The van der Waals surface area contributed by atoms with Crippen molar-refractivity contribution < 1.29 is 9.53 Å². The van der Waals surface area contributed by atoms with Crippen LogP contribution in [0.15, 0.2) is 24.5 Å². The van der Waals surface area contributed by atoms with Crippen LogP contribution >= 0.6 is 0 Å². The molecule has 0 radical (unpaired) electrons. The maximum atomic E-state index is 11.8. The first kappa shape index (κ1) is 17.1. The second-order valence-corrected chi connectivity index (χ2v) is 6.44. The maximum Gasteiger partial charge on any atom is 0.246 e. The van der Waals surface area contributed by atoms with Crippen LogP contribution < -0.4 is 10.2 Å². The van der Waals surface area contributed by atoms with Crippen molar-refractivity contribution in [2.75, 3.05) is 31.7 Å². The molecule has 0 spiro atoms. The van der Waals surface area contributed by atoms with Crippen molar-refractivity contribution >= 4 is 22.6 Å². The van der Waals surface area contributed by atoms with Crippen molar-refractivity contribution in [3.8, 4) is 6.07 Å². The van der Waals surface area contributed by atoms with E-state index in [4.69, 9.17) is 4.74 Å². The zero-order valence-corrected chi connectivity index (χ0v) is 14.4. The van der Waals surface area contributed by atoms with E-state index in [1.54, 1.807) is 18.5 Å². The Labute approximate surface area is 146 Å². The second-order valence-electron chi connectivity index (χ2n) is 6.44. The third-order valence-electron chi connectivity index (χ3n) is 4.37. The van der Waals surface area contributed by atoms with Crippen LogP contribution in [0.4, 0.5) is 5.69 Å². The number of anilines is 1. The lowest BCUT2D eigenvalue weighted by atomic mass is 9.95. The standard InChI is InChI=1S/C18H21N5O2/c1-12-7-14(22-16(24)11-25-2)10-23(9-12)15-4-3-13(8-19)17-18(15)21-6-5-20-17/h3-6,12,14H,7,9-11H2,1-2H3,(H,22,24)/t12-,14+/m0/s1. The van der Waals surface area contributed by atoms with Gasteiger partial charge in [0, 0.05) is 38.6 Å². The number of hydrogen-bond donors (Lipinski definition) is 1. The fraction of sp³-hybridized carbons (Fsp3) is 0.444. The highest BCUT2D eigenvalue weighted by atomic mass is 16.5. The molecule has 1 N–H and O–H groups in total. The molecule has 1 saturated heterocycles. The molecule has 1 aliphatic rings. The summed E-state index contributed by atoms with van der Waals surface area (Å²) in [4.78, 5) is 22.8. The molecule has 1 amide bonds. The number of carbonyl (C=O) groups excluding carboxylic acids is 1. The smallest absolute Gasteiger partial charge is 0.246 e. The number of ether oxygens (including phenoxy) is 1. The van der Waals surface area contributed by atoms with Crippen molar-refractivity contribution in [1.29, 1.82) is 5.26 Å². The molecule has 3 rings (SSSR count). The van der Waals surface area contributed by atoms with Gasteiger partial charge in [-0.1, -0.05) is 6.92 Å².